The Labute approximate surface area is 94.3 Å². The molecule has 0 radical (unpaired) electrons. The SMILES string of the molecule is CN(C(=O)CNC1CC1)c1cccc(F)c1. The highest BCUT2D eigenvalue weighted by molar-refractivity contribution is 5.94. The molecule has 16 heavy (non-hydrogen) atoms. The lowest BCUT2D eigenvalue weighted by Crippen LogP contribution is -2.36. The minimum Gasteiger partial charge on any atom is -0.314 e. The van der Waals surface area contributed by atoms with Crippen LogP contribution in [-0.2, 0) is 4.79 Å². The summed E-state index contributed by atoms with van der Waals surface area (Å²) in [5.41, 5.74) is 0.586. The largest absolute Gasteiger partial charge is 0.314 e. The van der Waals surface area contributed by atoms with Gasteiger partial charge in [0.2, 0.25) is 5.91 Å². The third-order valence-electron chi connectivity index (χ3n) is 2.69. The molecule has 2 rings (SSSR count). The molecule has 3 nitrogen and oxygen atoms in total. The average molecular weight is 222 g/mol. The summed E-state index contributed by atoms with van der Waals surface area (Å²) in [6.45, 7) is 0.317. The number of hydrogen-bond donors (Lipinski definition) is 1. The number of benzene rings is 1. The van der Waals surface area contributed by atoms with Gasteiger partial charge in [-0.15, -0.1) is 0 Å². The van der Waals surface area contributed by atoms with E-state index in [9.17, 15) is 9.18 Å². The van der Waals surface area contributed by atoms with Crippen molar-refractivity contribution in [3.05, 3.63) is 30.1 Å². The summed E-state index contributed by atoms with van der Waals surface area (Å²) >= 11 is 0. The Morgan fingerprint density at radius 1 is 1.56 bits per heavy atom. The maximum absolute atomic E-state index is 13.0. The van der Waals surface area contributed by atoms with E-state index in [1.165, 1.54) is 17.0 Å². The molecule has 0 bridgehead atoms. The van der Waals surface area contributed by atoms with E-state index in [1.807, 2.05) is 0 Å². The lowest BCUT2D eigenvalue weighted by atomic mass is 10.3. The number of carbonyl (C=O) groups is 1. The Balaban J connectivity index is 1.94. The maximum atomic E-state index is 13.0. The molecule has 1 aliphatic rings. The van der Waals surface area contributed by atoms with Crippen molar-refractivity contribution in [2.24, 2.45) is 0 Å². The highest BCUT2D eigenvalue weighted by Crippen LogP contribution is 2.18. The van der Waals surface area contributed by atoms with Crippen LogP contribution in [0.5, 0.6) is 0 Å². The number of hydrogen-bond acceptors (Lipinski definition) is 2. The van der Waals surface area contributed by atoms with Gasteiger partial charge in [0.15, 0.2) is 0 Å². The van der Waals surface area contributed by atoms with Crippen molar-refractivity contribution in [1.82, 2.24) is 5.32 Å². The van der Waals surface area contributed by atoms with Gasteiger partial charge in [0.1, 0.15) is 5.82 Å². The van der Waals surface area contributed by atoms with Gasteiger partial charge in [0.25, 0.3) is 0 Å². The third-order valence-corrected chi connectivity index (χ3v) is 2.69. The van der Waals surface area contributed by atoms with Crippen LogP contribution in [0, 0.1) is 5.82 Å². The van der Waals surface area contributed by atoms with Gasteiger partial charge in [0, 0.05) is 18.8 Å². The summed E-state index contributed by atoms with van der Waals surface area (Å²) in [5, 5.41) is 3.14. The molecule has 0 unspecified atom stereocenters. The van der Waals surface area contributed by atoms with E-state index in [-0.39, 0.29) is 11.7 Å². The average Bonchev–Trinajstić information content (AvgIpc) is 3.08. The lowest BCUT2D eigenvalue weighted by Gasteiger charge is -2.17. The van der Waals surface area contributed by atoms with Crippen molar-refractivity contribution >= 4 is 11.6 Å². The van der Waals surface area contributed by atoms with Crippen molar-refractivity contribution in [3.63, 3.8) is 0 Å². The maximum Gasteiger partial charge on any atom is 0.240 e. The molecule has 1 aromatic carbocycles. The summed E-state index contributed by atoms with van der Waals surface area (Å²) < 4.78 is 13.0. The van der Waals surface area contributed by atoms with Crippen LogP contribution in [0.2, 0.25) is 0 Å². The summed E-state index contributed by atoms with van der Waals surface area (Å²) in [7, 11) is 1.66. The number of anilines is 1. The fraction of sp³-hybridized carbons (Fsp3) is 0.417. The predicted molar refractivity (Wildman–Crippen MR) is 60.8 cm³/mol. The summed E-state index contributed by atoms with van der Waals surface area (Å²) in [5.74, 6) is -0.371. The Kier molecular flexibility index (Phi) is 3.19. The summed E-state index contributed by atoms with van der Waals surface area (Å²) in [6, 6.07) is 6.55. The normalized spacial score (nSPS) is 14.9. The second-order valence-corrected chi connectivity index (χ2v) is 4.09. The molecular formula is C12H15FN2O. The molecule has 0 aromatic heterocycles. The smallest absolute Gasteiger partial charge is 0.240 e. The first kappa shape index (κ1) is 11.1. The van der Waals surface area contributed by atoms with E-state index in [2.05, 4.69) is 5.32 Å². The van der Waals surface area contributed by atoms with Gasteiger partial charge in [-0.05, 0) is 31.0 Å². The zero-order valence-corrected chi connectivity index (χ0v) is 9.24. The molecule has 1 fully saturated rings. The molecule has 1 amide bonds. The number of nitrogens with one attached hydrogen (secondary N) is 1. The fourth-order valence-electron chi connectivity index (χ4n) is 1.47. The van der Waals surface area contributed by atoms with E-state index in [0.29, 0.717) is 18.3 Å². The van der Waals surface area contributed by atoms with Gasteiger partial charge in [-0.2, -0.15) is 0 Å². The Hall–Kier alpha value is -1.42. The van der Waals surface area contributed by atoms with Crippen LogP contribution in [0.3, 0.4) is 0 Å². The van der Waals surface area contributed by atoms with Crippen molar-refractivity contribution in [3.8, 4) is 0 Å². The van der Waals surface area contributed by atoms with Crippen molar-refractivity contribution < 1.29 is 9.18 Å². The summed E-state index contributed by atoms with van der Waals surface area (Å²) in [6.07, 6.45) is 2.30. The van der Waals surface area contributed by atoms with Gasteiger partial charge >= 0.3 is 0 Å². The van der Waals surface area contributed by atoms with Crippen molar-refractivity contribution in [2.45, 2.75) is 18.9 Å². The van der Waals surface area contributed by atoms with Gasteiger partial charge in [-0.1, -0.05) is 6.07 Å². The van der Waals surface area contributed by atoms with E-state index in [1.54, 1.807) is 19.2 Å². The van der Waals surface area contributed by atoms with Crippen LogP contribution >= 0.6 is 0 Å². The number of amides is 1. The minimum atomic E-state index is -0.327. The first-order valence-electron chi connectivity index (χ1n) is 5.42. The zero-order chi connectivity index (χ0) is 11.5. The molecular weight excluding hydrogens is 207 g/mol. The van der Waals surface area contributed by atoms with Crippen molar-refractivity contribution in [2.75, 3.05) is 18.5 Å². The number of nitrogens with zero attached hydrogens (tertiary/aromatic N) is 1. The quantitative estimate of drug-likeness (QED) is 0.838. The minimum absolute atomic E-state index is 0.0440. The van der Waals surface area contributed by atoms with Crippen LogP contribution < -0.4 is 10.2 Å². The first-order chi connectivity index (χ1) is 7.66. The highest BCUT2D eigenvalue weighted by Gasteiger charge is 2.22. The van der Waals surface area contributed by atoms with E-state index in [0.717, 1.165) is 12.8 Å². The molecule has 0 spiro atoms. The van der Waals surface area contributed by atoms with Crippen LogP contribution in [0.4, 0.5) is 10.1 Å². The van der Waals surface area contributed by atoms with Gasteiger partial charge in [0.05, 0.1) is 6.54 Å². The molecule has 1 aliphatic carbocycles. The second-order valence-electron chi connectivity index (χ2n) is 4.09. The Bertz CT molecular complexity index is 390. The van der Waals surface area contributed by atoms with Crippen LogP contribution in [0.1, 0.15) is 12.8 Å². The molecule has 86 valence electrons. The van der Waals surface area contributed by atoms with Gasteiger partial charge in [-0.3, -0.25) is 4.79 Å². The fourth-order valence-corrected chi connectivity index (χ4v) is 1.47. The molecule has 4 heteroatoms. The highest BCUT2D eigenvalue weighted by atomic mass is 19.1. The summed E-state index contributed by atoms with van der Waals surface area (Å²) in [4.78, 5) is 13.2. The van der Waals surface area contributed by atoms with Gasteiger partial charge in [-0.25, -0.2) is 4.39 Å². The predicted octanol–water partition coefficient (Wildman–Crippen LogP) is 1.54. The molecule has 0 heterocycles. The molecule has 1 N–H and O–H groups in total. The van der Waals surface area contributed by atoms with E-state index in [4.69, 9.17) is 0 Å². The first-order valence-corrected chi connectivity index (χ1v) is 5.42. The zero-order valence-electron chi connectivity index (χ0n) is 9.24. The van der Waals surface area contributed by atoms with E-state index < -0.39 is 0 Å². The molecule has 0 aliphatic heterocycles. The Morgan fingerprint density at radius 3 is 2.94 bits per heavy atom. The molecule has 1 saturated carbocycles. The van der Waals surface area contributed by atoms with Crippen LogP contribution in [-0.4, -0.2) is 25.5 Å². The number of halogens is 1. The second kappa shape index (κ2) is 4.61. The van der Waals surface area contributed by atoms with E-state index >= 15 is 0 Å². The molecule has 1 aromatic rings. The Morgan fingerprint density at radius 2 is 2.31 bits per heavy atom. The number of rotatable bonds is 4. The van der Waals surface area contributed by atoms with Crippen LogP contribution in [0.25, 0.3) is 0 Å². The third kappa shape index (κ3) is 2.79. The molecule has 0 saturated heterocycles. The van der Waals surface area contributed by atoms with Crippen LogP contribution in [0.15, 0.2) is 24.3 Å². The number of likely N-dealkylation sites (N-methyl/N-ethyl adjacent to an activating group) is 1. The number of carbonyl (C=O) groups excluding carboxylic acids is 1. The topological polar surface area (TPSA) is 32.3 Å². The lowest BCUT2D eigenvalue weighted by molar-refractivity contribution is -0.117. The monoisotopic (exact) mass is 222 g/mol. The standard InChI is InChI=1S/C12H15FN2O/c1-15(11-4-2-3-9(13)7-11)12(16)8-14-10-5-6-10/h2-4,7,10,14H,5-6,8H2,1H3. The van der Waals surface area contributed by atoms with Gasteiger partial charge < -0.3 is 10.2 Å². The van der Waals surface area contributed by atoms with Crippen molar-refractivity contribution in [1.29, 1.82) is 0 Å². The molecule has 0 atom stereocenters.